The largest absolute Gasteiger partial charge is 0.493 e. The first kappa shape index (κ1) is 28.0. The molecule has 0 bridgehead atoms. The van der Waals surface area contributed by atoms with E-state index in [2.05, 4.69) is 24.0 Å². The van der Waals surface area contributed by atoms with Gasteiger partial charge in [0.15, 0.2) is 0 Å². The van der Waals surface area contributed by atoms with E-state index in [-0.39, 0.29) is 17.4 Å². The topological polar surface area (TPSA) is 56.5 Å². The van der Waals surface area contributed by atoms with Gasteiger partial charge in [0.25, 0.3) is 0 Å². The molecular formula is C32H39F3N2O2. The fourth-order valence-electron chi connectivity index (χ4n) is 7.25. The van der Waals surface area contributed by atoms with Crippen molar-refractivity contribution in [2.24, 2.45) is 11.8 Å². The Labute approximate surface area is 229 Å². The number of alkyl halides is 3. The fraction of sp³-hybridized carbons (Fsp3) is 0.594. The molecule has 0 spiro atoms. The normalized spacial score (nSPS) is 28.2. The number of ether oxygens (including phenoxy) is 1. The lowest BCUT2D eigenvalue weighted by Crippen LogP contribution is -2.34. The van der Waals surface area contributed by atoms with Crippen molar-refractivity contribution in [3.05, 3.63) is 64.7 Å². The maximum Gasteiger partial charge on any atom is 0.417 e. The predicted octanol–water partition coefficient (Wildman–Crippen LogP) is 7.62. The monoisotopic (exact) mass is 540 g/mol. The van der Waals surface area contributed by atoms with Crippen LogP contribution in [0.4, 0.5) is 13.2 Å². The number of nitrogens with zero attached hydrogens (tertiary/aromatic N) is 2. The Morgan fingerprint density at radius 1 is 1.10 bits per heavy atom. The van der Waals surface area contributed by atoms with Crippen LogP contribution in [0.15, 0.2) is 42.5 Å². The average Bonchev–Trinajstić information content (AvgIpc) is 3.39. The summed E-state index contributed by atoms with van der Waals surface area (Å²) in [5.74, 6) is 1.55. The summed E-state index contributed by atoms with van der Waals surface area (Å²) in [6, 6.07) is 14.7. The number of aliphatic hydroxyl groups is 1. The Balaban J connectivity index is 1.15. The number of halogens is 3. The lowest BCUT2D eigenvalue weighted by molar-refractivity contribution is -0.137. The minimum atomic E-state index is -4.54. The van der Waals surface area contributed by atoms with Gasteiger partial charge in [-0.15, -0.1) is 0 Å². The molecule has 7 heteroatoms. The molecule has 2 aromatic carbocycles. The molecule has 1 N–H and O–H groups in total. The number of fused-ring (bicyclic) bond motifs is 1. The molecule has 5 atom stereocenters. The molecule has 3 aliphatic rings. The van der Waals surface area contributed by atoms with Gasteiger partial charge in [-0.05, 0) is 118 Å². The van der Waals surface area contributed by atoms with E-state index in [1.807, 2.05) is 12.1 Å². The first-order valence-corrected chi connectivity index (χ1v) is 14.5. The number of benzene rings is 2. The van der Waals surface area contributed by atoms with Gasteiger partial charge in [-0.1, -0.05) is 25.1 Å². The van der Waals surface area contributed by atoms with Crippen LogP contribution in [-0.4, -0.2) is 35.3 Å². The predicted molar refractivity (Wildman–Crippen MR) is 144 cm³/mol. The van der Waals surface area contributed by atoms with E-state index < -0.39 is 17.3 Å². The average molecular weight is 541 g/mol. The molecule has 1 heterocycles. The molecule has 0 radical (unpaired) electrons. The quantitative estimate of drug-likeness (QED) is 0.374. The second-order valence-electron chi connectivity index (χ2n) is 11.8. The van der Waals surface area contributed by atoms with E-state index in [0.29, 0.717) is 43.4 Å². The molecule has 2 aromatic rings. The van der Waals surface area contributed by atoms with Crippen LogP contribution in [-0.2, 0) is 6.18 Å². The van der Waals surface area contributed by atoms with Gasteiger partial charge in [0.05, 0.1) is 29.4 Å². The second-order valence-corrected chi connectivity index (χ2v) is 11.8. The van der Waals surface area contributed by atoms with Gasteiger partial charge in [-0.25, -0.2) is 0 Å². The number of hydrogen-bond donors (Lipinski definition) is 1. The molecule has 5 rings (SSSR count). The maximum atomic E-state index is 13.5. The molecule has 4 unspecified atom stereocenters. The SMILES string of the molecule is CCC(c1ccc(OCCC2(O)CCC3CC(c4ccc(C#N)c(C(F)(F)F)c4)[C@@H]3CC2)cc1)N1CCCC1. The summed E-state index contributed by atoms with van der Waals surface area (Å²) in [4.78, 5) is 2.56. The molecule has 2 saturated carbocycles. The fourth-order valence-corrected chi connectivity index (χ4v) is 7.25. The molecule has 1 aliphatic heterocycles. The van der Waals surface area contributed by atoms with E-state index in [1.165, 1.54) is 43.6 Å². The van der Waals surface area contributed by atoms with Crippen molar-refractivity contribution < 1.29 is 23.0 Å². The lowest BCUT2D eigenvalue weighted by Gasteiger charge is -2.45. The number of rotatable bonds is 8. The summed E-state index contributed by atoms with van der Waals surface area (Å²) >= 11 is 0. The summed E-state index contributed by atoms with van der Waals surface area (Å²) < 4.78 is 46.5. The third-order valence-electron chi connectivity index (χ3n) is 9.57. The highest BCUT2D eigenvalue weighted by Crippen LogP contribution is 2.55. The molecular weight excluding hydrogens is 501 g/mol. The van der Waals surface area contributed by atoms with E-state index >= 15 is 0 Å². The van der Waals surface area contributed by atoms with Crippen LogP contribution in [0.1, 0.15) is 98.9 Å². The third kappa shape index (κ3) is 6.12. The van der Waals surface area contributed by atoms with Gasteiger partial charge in [0.2, 0.25) is 0 Å². The molecule has 1 saturated heterocycles. The van der Waals surface area contributed by atoms with Gasteiger partial charge in [-0.3, -0.25) is 4.90 Å². The molecule has 39 heavy (non-hydrogen) atoms. The zero-order valence-corrected chi connectivity index (χ0v) is 22.7. The van der Waals surface area contributed by atoms with E-state index in [1.54, 1.807) is 12.1 Å². The molecule has 3 fully saturated rings. The Morgan fingerprint density at radius 3 is 2.49 bits per heavy atom. The number of nitriles is 1. The highest BCUT2D eigenvalue weighted by atomic mass is 19.4. The van der Waals surface area contributed by atoms with E-state index in [0.717, 1.165) is 31.4 Å². The van der Waals surface area contributed by atoms with Gasteiger partial charge in [-0.2, -0.15) is 18.4 Å². The summed E-state index contributed by atoms with van der Waals surface area (Å²) in [6.07, 6.45) is 3.46. The van der Waals surface area contributed by atoms with Crippen LogP contribution >= 0.6 is 0 Å². The maximum absolute atomic E-state index is 13.5. The minimum Gasteiger partial charge on any atom is -0.493 e. The van der Waals surface area contributed by atoms with Crippen LogP contribution in [0.25, 0.3) is 0 Å². The summed E-state index contributed by atoms with van der Waals surface area (Å²) in [6.45, 7) is 5.00. The third-order valence-corrected chi connectivity index (χ3v) is 9.57. The van der Waals surface area contributed by atoms with Crippen molar-refractivity contribution in [3.63, 3.8) is 0 Å². The van der Waals surface area contributed by atoms with Crippen LogP contribution in [0.3, 0.4) is 0 Å². The van der Waals surface area contributed by atoms with Crippen molar-refractivity contribution in [3.8, 4) is 11.8 Å². The highest BCUT2D eigenvalue weighted by Gasteiger charge is 2.46. The lowest BCUT2D eigenvalue weighted by atomic mass is 9.60. The zero-order chi connectivity index (χ0) is 27.6. The Bertz CT molecular complexity index is 1170. The Hall–Kier alpha value is -2.56. The molecule has 0 amide bonds. The van der Waals surface area contributed by atoms with Gasteiger partial charge in [0, 0.05) is 12.5 Å². The van der Waals surface area contributed by atoms with E-state index in [9.17, 15) is 18.3 Å². The van der Waals surface area contributed by atoms with Gasteiger partial charge in [0.1, 0.15) is 5.75 Å². The summed E-state index contributed by atoms with van der Waals surface area (Å²) in [5, 5.41) is 20.5. The smallest absolute Gasteiger partial charge is 0.417 e. The highest BCUT2D eigenvalue weighted by molar-refractivity contribution is 5.43. The summed E-state index contributed by atoms with van der Waals surface area (Å²) in [5.41, 5.74) is -0.00269. The van der Waals surface area contributed by atoms with Crippen LogP contribution in [0.5, 0.6) is 5.75 Å². The van der Waals surface area contributed by atoms with Crippen LogP contribution in [0.2, 0.25) is 0 Å². The van der Waals surface area contributed by atoms with Crippen LogP contribution in [0, 0.1) is 23.2 Å². The van der Waals surface area contributed by atoms with Crippen molar-refractivity contribution in [1.29, 1.82) is 5.26 Å². The second kappa shape index (κ2) is 11.5. The first-order valence-electron chi connectivity index (χ1n) is 14.5. The first-order chi connectivity index (χ1) is 18.7. The molecule has 2 aliphatic carbocycles. The van der Waals surface area contributed by atoms with Crippen LogP contribution < -0.4 is 4.74 Å². The molecule has 0 aromatic heterocycles. The van der Waals surface area contributed by atoms with Crippen molar-refractivity contribution in [2.75, 3.05) is 19.7 Å². The van der Waals surface area contributed by atoms with Crippen molar-refractivity contribution in [2.45, 2.75) is 88.4 Å². The minimum absolute atomic E-state index is 0.0495. The Kier molecular flexibility index (Phi) is 8.26. The molecule has 4 nitrogen and oxygen atoms in total. The number of hydrogen-bond acceptors (Lipinski definition) is 4. The summed E-state index contributed by atoms with van der Waals surface area (Å²) in [7, 11) is 0. The van der Waals surface area contributed by atoms with Gasteiger partial charge >= 0.3 is 6.18 Å². The molecule has 210 valence electrons. The van der Waals surface area contributed by atoms with E-state index in [4.69, 9.17) is 10.00 Å². The van der Waals surface area contributed by atoms with Crippen molar-refractivity contribution in [1.82, 2.24) is 4.90 Å². The number of likely N-dealkylation sites (tertiary alicyclic amines) is 1. The Morgan fingerprint density at radius 2 is 1.82 bits per heavy atom. The standard InChI is InChI=1S/C32H39F3N2O2/c1-2-30(37-16-3-4-17-37)22-7-9-26(10-8-22)39-18-15-31(38)13-11-24-19-28(27(24)12-14-31)23-5-6-25(21-36)29(20-23)32(33,34)35/h5-10,20,24,27-28,30,38H,2-4,11-19H2,1H3/t24?,27-,28?,30?,31?/m1/s1. The zero-order valence-electron chi connectivity index (χ0n) is 22.7. The van der Waals surface area contributed by atoms with Gasteiger partial charge < -0.3 is 9.84 Å². The van der Waals surface area contributed by atoms with Crippen molar-refractivity contribution >= 4 is 0 Å².